The minimum absolute atomic E-state index is 0.337. The van der Waals surface area contributed by atoms with Crippen molar-refractivity contribution in [2.45, 2.75) is 32.4 Å². The Morgan fingerprint density at radius 3 is 2.33 bits per heavy atom. The van der Waals surface area contributed by atoms with E-state index in [0.717, 1.165) is 0 Å². The van der Waals surface area contributed by atoms with Crippen molar-refractivity contribution in [1.29, 1.82) is 0 Å². The lowest BCUT2D eigenvalue weighted by Crippen LogP contribution is -2.34. The summed E-state index contributed by atoms with van der Waals surface area (Å²) in [5, 5.41) is 0. The molecule has 0 bridgehead atoms. The van der Waals surface area contributed by atoms with Crippen molar-refractivity contribution in [2.24, 2.45) is 0 Å². The van der Waals surface area contributed by atoms with Crippen LogP contribution in [0.1, 0.15) is 32.4 Å². The van der Waals surface area contributed by atoms with Crippen LogP contribution in [0.5, 0.6) is 0 Å². The van der Waals surface area contributed by atoms with Gasteiger partial charge in [0.2, 0.25) is 0 Å². The molecule has 0 amide bonds. The first-order valence-electron chi connectivity index (χ1n) is 7.84. The van der Waals surface area contributed by atoms with Gasteiger partial charge in [0, 0.05) is 0 Å². The lowest BCUT2D eigenvalue weighted by Gasteiger charge is -2.25. The van der Waals surface area contributed by atoms with Crippen LogP contribution in [-0.2, 0) is 9.53 Å². The molecule has 0 saturated heterocycles. The summed E-state index contributed by atoms with van der Waals surface area (Å²) >= 11 is 0. The molecule has 5 nitrogen and oxygen atoms in total. The maximum Gasteiger partial charge on any atom is 0.334 e. The second kappa shape index (κ2) is 6.00. The Morgan fingerprint density at radius 1 is 1.04 bits per heavy atom. The van der Waals surface area contributed by atoms with E-state index in [1.165, 1.54) is 4.57 Å². The molecule has 1 unspecified atom stereocenters. The van der Waals surface area contributed by atoms with Gasteiger partial charge in [0.1, 0.15) is 5.60 Å². The molecule has 2 aromatic carbocycles. The third-order valence-electron chi connectivity index (χ3n) is 3.63. The third-order valence-corrected chi connectivity index (χ3v) is 3.63. The molecule has 1 atom stereocenters. The van der Waals surface area contributed by atoms with E-state index in [0.29, 0.717) is 16.6 Å². The van der Waals surface area contributed by atoms with Gasteiger partial charge in [-0.05, 0) is 38.5 Å². The molecule has 24 heavy (non-hydrogen) atoms. The number of ether oxygens (including phenoxy) is 1. The molecule has 3 rings (SSSR count). The van der Waals surface area contributed by atoms with Gasteiger partial charge in [0.15, 0.2) is 6.04 Å². The zero-order valence-electron chi connectivity index (χ0n) is 13.9. The van der Waals surface area contributed by atoms with E-state index in [1.807, 2.05) is 75.4 Å². The number of esters is 1. The molecule has 0 fully saturated rings. The van der Waals surface area contributed by atoms with Crippen molar-refractivity contribution in [2.75, 3.05) is 0 Å². The second-order valence-electron chi connectivity index (χ2n) is 6.66. The Kier molecular flexibility index (Phi) is 4.01. The SMILES string of the molecule is CC(C)(C)OC(=O)C(c1ccccc1)n1c(=O)[nH]c2ccccc21. The number of hydrogen-bond acceptors (Lipinski definition) is 3. The van der Waals surface area contributed by atoms with Gasteiger partial charge in [0.25, 0.3) is 0 Å². The topological polar surface area (TPSA) is 64.1 Å². The Hall–Kier alpha value is -2.82. The number of aromatic nitrogens is 2. The molecule has 0 aliphatic heterocycles. The molecule has 0 spiro atoms. The first-order chi connectivity index (χ1) is 11.4. The van der Waals surface area contributed by atoms with Crippen LogP contribution in [0.3, 0.4) is 0 Å². The minimum atomic E-state index is -0.839. The third kappa shape index (κ3) is 3.11. The molecule has 0 saturated carbocycles. The van der Waals surface area contributed by atoms with Crippen LogP contribution < -0.4 is 5.69 Å². The van der Waals surface area contributed by atoms with Crippen molar-refractivity contribution in [3.8, 4) is 0 Å². The fraction of sp³-hybridized carbons (Fsp3) is 0.263. The summed E-state index contributed by atoms with van der Waals surface area (Å²) in [7, 11) is 0. The number of rotatable bonds is 3. The van der Waals surface area contributed by atoms with Gasteiger partial charge < -0.3 is 9.72 Å². The number of carbonyl (C=O) groups is 1. The van der Waals surface area contributed by atoms with Crippen molar-refractivity contribution in [1.82, 2.24) is 9.55 Å². The molecular formula is C19H20N2O3. The zero-order valence-corrected chi connectivity index (χ0v) is 13.9. The summed E-state index contributed by atoms with van der Waals surface area (Å²) in [6.07, 6.45) is 0. The highest BCUT2D eigenvalue weighted by Gasteiger charge is 2.30. The quantitative estimate of drug-likeness (QED) is 0.752. The van der Waals surface area contributed by atoms with Crippen molar-refractivity contribution >= 4 is 17.0 Å². The van der Waals surface area contributed by atoms with Crippen molar-refractivity contribution in [3.63, 3.8) is 0 Å². The van der Waals surface area contributed by atoms with Gasteiger partial charge in [-0.2, -0.15) is 0 Å². The number of fused-ring (bicyclic) bond motifs is 1. The summed E-state index contributed by atoms with van der Waals surface area (Å²) in [6.45, 7) is 5.43. The van der Waals surface area contributed by atoms with Crippen LogP contribution >= 0.6 is 0 Å². The van der Waals surface area contributed by atoms with E-state index in [2.05, 4.69) is 4.98 Å². The van der Waals surface area contributed by atoms with E-state index in [1.54, 1.807) is 0 Å². The monoisotopic (exact) mass is 324 g/mol. The summed E-state index contributed by atoms with van der Waals surface area (Å²) < 4.78 is 7.03. The Labute approximate surface area is 139 Å². The number of para-hydroxylation sites is 2. The lowest BCUT2D eigenvalue weighted by molar-refractivity contribution is -0.157. The molecule has 124 valence electrons. The Bertz CT molecular complexity index is 917. The van der Waals surface area contributed by atoms with E-state index < -0.39 is 17.6 Å². The lowest BCUT2D eigenvalue weighted by atomic mass is 10.1. The fourth-order valence-electron chi connectivity index (χ4n) is 2.71. The number of hydrogen-bond donors (Lipinski definition) is 1. The number of carbonyl (C=O) groups excluding carboxylic acids is 1. The predicted octanol–water partition coefficient (Wildman–Crippen LogP) is 3.26. The van der Waals surface area contributed by atoms with E-state index in [-0.39, 0.29) is 5.69 Å². The first-order valence-corrected chi connectivity index (χ1v) is 7.84. The molecule has 1 aromatic heterocycles. The number of nitrogens with zero attached hydrogens (tertiary/aromatic N) is 1. The number of imidazole rings is 1. The smallest absolute Gasteiger partial charge is 0.334 e. The van der Waals surface area contributed by atoms with Crippen molar-refractivity contribution in [3.05, 3.63) is 70.6 Å². The number of benzene rings is 2. The highest BCUT2D eigenvalue weighted by molar-refractivity contribution is 5.83. The normalized spacial score (nSPS) is 13.0. The van der Waals surface area contributed by atoms with E-state index in [9.17, 15) is 9.59 Å². The number of H-pyrrole nitrogens is 1. The average molecular weight is 324 g/mol. The second-order valence-corrected chi connectivity index (χ2v) is 6.66. The van der Waals surface area contributed by atoms with Crippen LogP contribution in [0.4, 0.5) is 0 Å². The highest BCUT2D eigenvalue weighted by Crippen LogP contribution is 2.25. The maximum absolute atomic E-state index is 12.9. The molecule has 0 aliphatic carbocycles. The van der Waals surface area contributed by atoms with Gasteiger partial charge >= 0.3 is 11.7 Å². The van der Waals surface area contributed by atoms with Gasteiger partial charge in [-0.25, -0.2) is 9.59 Å². The van der Waals surface area contributed by atoms with Crippen molar-refractivity contribution < 1.29 is 9.53 Å². The molecule has 1 heterocycles. The molecule has 0 aliphatic rings. The van der Waals surface area contributed by atoms with Gasteiger partial charge in [-0.3, -0.25) is 4.57 Å². The summed E-state index contributed by atoms with van der Waals surface area (Å²) in [5.74, 6) is -0.458. The van der Waals surface area contributed by atoms with Gasteiger partial charge in [-0.1, -0.05) is 42.5 Å². The Morgan fingerprint density at radius 2 is 1.67 bits per heavy atom. The first kappa shape index (κ1) is 16.1. The molecule has 1 N–H and O–H groups in total. The summed E-state index contributed by atoms with van der Waals surface area (Å²) in [6, 6.07) is 15.7. The number of aromatic amines is 1. The Balaban J connectivity index is 2.19. The average Bonchev–Trinajstić information content (AvgIpc) is 2.83. The summed E-state index contributed by atoms with van der Waals surface area (Å²) in [4.78, 5) is 28.2. The van der Waals surface area contributed by atoms with E-state index in [4.69, 9.17) is 4.74 Å². The van der Waals surface area contributed by atoms with Gasteiger partial charge in [0.05, 0.1) is 11.0 Å². The summed E-state index contributed by atoms with van der Waals surface area (Å²) in [5.41, 5.74) is 1.09. The minimum Gasteiger partial charge on any atom is -0.458 e. The largest absolute Gasteiger partial charge is 0.458 e. The predicted molar refractivity (Wildman–Crippen MR) is 93.0 cm³/mol. The van der Waals surface area contributed by atoms with Crippen LogP contribution in [0, 0.1) is 0 Å². The molecule has 3 aromatic rings. The van der Waals surface area contributed by atoms with Crippen LogP contribution in [-0.4, -0.2) is 21.1 Å². The van der Waals surface area contributed by atoms with Crippen LogP contribution in [0.15, 0.2) is 59.4 Å². The number of nitrogens with one attached hydrogen (secondary N) is 1. The molecular weight excluding hydrogens is 304 g/mol. The molecule has 0 radical (unpaired) electrons. The van der Waals surface area contributed by atoms with Crippen LogP contribution in [0.25, 0.3) is 11.0 Å². The zero-order chi connectivity index (χ0) is 17.3. The maximum atomic E-state index is 12.9. The standard InChI is InChI=1S/C19H20N2O3/c1-19(2,3)24-17(22)16(13-9-5-4-6-10-13)21-15-12-8-7-11-14(15)20-18(21)23/h4-12,16H,1-3H3,(H,20,23). The van der Waals surface area contributed by atoms with E-state index >= 15 is 0 Å². The molecule has 5 heteroatoms. The fourth-order valence-corrected chi connectivity index (χ4v) is 2.71. The highest BCUT2D eigenvalue weighted by atomic mass is 16.6. The van der Waals surface area contributed by atoms with Gasteiger partial charge in [-0.15, -0.1) is 0 Å². The van der Waals surface area contributed by atoms with Crippen LogP contribution in [0.2, 0.25) is 0 Å².